The van der Waals surface area contributed by atoms with Gasteiger partial charge < -0.3 is 0 Å². The number of pyridine rings is 2. The molecule has 0 saturated heterocycles. The van der Waals surface area contributed by atoms with Crippen LogP contribution in [0.1, 0.15) is 67.7 Å². The van der Waals surface area contributed by atoms with Gasteiger partial charge in [-0.25, -0.2) is 20.0 Å². The summed E-state index contributed by atoms with van der Waals surface area (Å²) in [6.45, 7) is 0. The molecule has 13 rings (SSSR count). The van der Waals surface area contributed by atoms with Gasteiger partial charge in [-0.05, 0) is 92.0 Å². The number of hydrogen-bond acceptors (Lipinski definition) is 4. The Morgan fingerprint density at radius 2 is 0.694 bits per heavy atom. The van der Waals surface area contributed by atoms with E-state index in [0.717, 1.165) is 67.1 Å². The summed E-state index contributed by atoms with van der Waals surface area (Å²) in [7, 11) is 0. The lowest BCUT2D eigenvalue weighted by atomic mass is 9.88. The number of benzene rings is 8. The van der Waals surface area contributed by atoms with E-state index in [2.05, 4.69) is 194 Å². The van der Waals surface area contributed by atoms with E-state index < -0.39 is 0 Å². The molecular weight excluding hydrogens is 753 g/mol. The maximum atomic E-state index is 5.67. The third-order valence-corrected chi connectivity index (χ3v) is 13.0. The van der Waals surface area contributed by atoms with Crippen LogP contribution in [-0.4, -0.2) is 21.4 Å². The summed E-state index contributed by atoms with van der Waals surface area (Å²) in [5.74, 6) is 0.298. The second kappa shape index (κ2) is 13.7. The third-order valence-electron chi connectivity index (χ3n) is 13.0. The second-order valence-electron chi connectivity index (χ2n) is 16.5. The van der Waals surface area contributed by atoms with Crippen LogP contribution in [-0.2, 0) is 0 Å². The fourth-order valence-electron chi connectivity index (χ4n) is 10.2. The lowest BCUT2D eigenvalue weighted by Gasteiger charge is -2.19. The Labute approximate surface area is 359 Å². The molecule has 2 aromatic heterocycles. The molecule has 0 amide bonds. The van der Waals surface area contributed by atoms with Crippen molar-refractivity contribution in [1.82, 2.24) is 9.97 Å². The predicted molar refractivity (Wildman–Crippen MR) is 253 cm³/mol. The summed E-state index contributed by atoms with van der Waals surface area (Å²) in [4.78, 5) is 22.2. The van der Waals surface area contributed by atoms with Crippen molar-refractivity contribution < 1.29 is 0 Å². The Kier molecular flexibility index (Phi) is 7.70. The fraction of sp³-hybridized carbons (Fsp3) is 0.0345. The second-order valence-corrected chi connectivity index (χ2v) is 16.5. The lowest BCUT2D eigenvalue weighted by molar-refractivity contribution is 1.01. The van der Waals surface area contributed by atoms with Crippen molar-refractivity contribution in [3.05, 3.63) is 262 Å². The van der Waals surface area contributed by atoms with Gasteiger partial charge >= 0.3 is 0 Å². The van der Waals surface area contributed by atoms with Crippen LogP contribution in [0, 0.1) is 0 Å². The monoisotopic (exact) mass is 788 g/mol. The van der Waals surface area contributed by atoms with Crippen molar-refractivity contribution in [2.24, 2.45) is 9.98 Å². The van der Waals surface area contributed by atoms with E-state index in [4.69, 9.17) is 20.0 Å². The molecule has 4 heteroatoms. The van der Waals surface area contributed by atoms with Crippen LogP contribution in [0.2, 0.25) is 0 Å². The van der Waals surface area contributed by atoms with Crippen LogP contribution >= 0.6 is 0 Å². The van der Waals surface area contributed by atoms with Crippen molar-refractivity contribution in [3.63, 3.8) is 0 Å². The van der Waals surface area contributed by atoms with Gasteiger partial charge in [-0.2, -0.15) is 0 Å². The smallest absolute Gasteiger partial charge is 0.116 e. The third kappa shape index (κ3) is 5.40. The minimum Gasteiger partial charge on any atom is -0.244 e. The quantitative estimate of drug-likeness (QED) is 0.178. The molecule has 1 aliphatic heterocycles. The number of para-hydroxylation sites is 2. The molecule has 0 N–H and O–H groups in total. The lowest BCUT2D eigenvalue weighted by Crippen LogP contribution is -2.13. The molecule has 0 saturated carbocycles. The normalized spacial score (nSPS) is 17.3. The fourth-order valence-corrected chi connectivity index (χ4v) is 10.2. The van der Waals surface area contributed by atoms with E-state index in [1.165, 1.54) is 55.6 Å². The molecule has 3 aliphatic rings. The van der Waals surface area contributed by atoms with Gasteiger partial charge in [-0.15, -0.1) is 0 Å². The van der Waals surface area contributed by atoms with Gasteiger partial charge in [0.15, 0.2) is 0 Å². The Hall–Kier alpha value is -8.08. The zero-order valence-electron chi connectivity index (χ0n) is 33.6. The summed E-state index contributed by atoms with van der Waals surface area (Å²) in [5.41, 5.74) is 21.0. The van der Waals surface area contributed by atoms with E-state index in [1.54, 1.807) is 0 Å². The Bertz CT molecular complexity index is 3300. The maximum absolute atomic E-state index is 5.67. The minimum atomic E-state index is 0.149. The molecule has 0 fully saturated rings. The summed E-state index contributed by atoms with van der Waals surface area (Å²) < 4.78 is 0. The zero-order chi connectivity index (χ0) is 40.7. The number of nitrogens with zero attached hydrogens (tertiary/aromatic N) is 4. The summed E-state index contributed by atoms with van der Waals surface area (Å²) in [6, 6.07) is 73.9. The molecule has 62 heavy (non-hydrogen) atoms. The molecule has 8 aromatic carbocycles. The standard InChI is InChI=1S/C58H36N4/c1-3-15-35(16-4-1)53-43-23-11-9-21-41(43)47-31-39(27-29-45(47)53)55-57-51(33-37-19-7-13-25-49(37)59-57)62-56(58-52(61-55)34-38-20-8-14-26-50(38)60-58)40-28-30-46-48(32-40)42-22-10-12-24-44(42)54(46)36-17-5-2-6-18-36/h1-34,53-54H/b57-55?,58-56?,61-52?,61-55-,62-51?,62-56-. The number of aliphatic imine (C=N–C) groups is 2. The first-order valence-corrected chi connectivity index (χ1v) is 21.3. The number of aromatic nitrogens is 2. The van der Waals surface area contributed by atoms with Crippen LogP contribution < -0.4 is 0 Å². The highest BCUT2D eigenvalue weighted by molar-refractivity contribution is 6.23. The van der Waals surface area contributed by atoms with Crippen LogP contribution in [0.3, 0.4) is 0 Å². The van der Waals surface area contributed by atoms with Crippen molar-refractivity contribution >= 4 is 44.6 Å². The highest BCUT2D eigenvalue weighted by atomic mass is 14.9. The number of rotatable bonds is 4. The summed E-state index contributed by atoms with van der Waals surface area (Å²) in [6.07, 6.45) is 0. The first kappa shape index (κ1) is 34.8. The zero-order valence-corrected chi connectivity index (χ0v) is 33.6. The van der Waals surface area contributed by atoms with E-state index >= 15 is 0 Å². The van der Waals surface area contributed by atoms with Gasteiger partial charge in [0.1, 0.15) is 11.4 Å². The van der Waals surface area contributed by atoms with E-state index in [0.29, 0.717) is 0 Å². The van der Waals surface area contributed by atoms with Crippen LogP contribution in [0.5, 0.6) is 0 Å². The average Bonchev–Trinajstić information content (AvgIpc) is 3.84. The Morgan fingerprint density at radius 3 is 1.16 bits per heavy atom. The van der Waals surface area contributed by atoms with Crippen LogP contribution in [0.15, 0.2) is 216 Å². The average molecular weight is 789 g/mol. The topological polar surface area (TPSA) is 50.5 Å². The van der Waals surface area contributed by atoms with Gasteiger partial charge in [0.2, 0.25) is 0 Å². The highest BCUT2D eigenvalue weighted by Crippen LogP contribution is 2.50. The van der Waals surface area contributed by atoms with Crippen molar-refractivity contribution in [3.8, 4) is 22.3 Å². The van der Waals surface area contributed by atoms with Crippen LogP contribution in [0.4, 0.5) is 11.4 Å². The SMILES string of the molecule is c1ccc(C2c3ccccc3-c3cc(/C4=N/c5cc6ccccc6nc5/C(c5ccc6c(c5)-c5ccccc5C6c5ccccc5)=N\c5cc6ccccc6nc54)ccc32)cc1. The highest BCUT2D eigenvalue weighted by Gasteiger charge is 2.33. The summed E-state index contributed by atoms with van der Waals surface area (Å²) in [5, 5.41) is 2.03. The molecule has 2 aliphatic carbocycles. The molecular formula is C58H36N4. The number of fused-ring (bicyclic) bond motifs is 10. The number of hydrogen-bond donors (Lipinski definition) is 0. The van der Waals surface area contributed by atoms with Gasteiger partial charge in [0.25, 0.3) is 0 Å². The molecule has 3 heterocycles. The molecule has 0 spiro atoms. The molecule has 2 unspecified atom stereocenters. The molecule has 288 valence electrons. The first-order valence-electron chi connectivity index (χ1n) is 21.3. The maximum Gasteiger partial charge on any atom is 0.116 e. The van der Waals surface area contributed by atoms with Gasteiger partial charge in [-0.1, -0.05) is 170 Å². The summed E-state index contributed by atoms with van der Waals surface area (Å²) >= 11 is 0. The molecule has 4 nitrogen and oxygen atoms in total. The molecule has 10 aromatic rings. The molecule has 0 bridgehead atoms. The largest absolute Gasteiger partial charge is 0.244 e. The van der Waals surface area contributed by atoms with Gasteiger partial charge in [0, 0.05) is 33.7 Å². The Morgan fingerprint density at radius 1 is 0.306 bits per heavy atom. The van der Waals surface area contributed by atoms with E-state index in [-0.39, 0.29) is 11.8 Å². The van der Waals surface area contributed by atoms with Crippen molar-refractivity contribution in [1.29, 1.82) is 0 Å². The Balaban J connectivity index is 1.05. The van der Waals surface area contributed by atoms with E-state index in [1.807, 2.05) is 12.1 Å². The first-order chi connectivity index (χ1) is 30.7. The van der Waals surface area contributed by atoms with Crippen molar-refractivity contribution in [2.45, 2.75) is 11.8 Å². The van der Waals surface area contributed by atoms with Gasteiger partial charge in [0.05, 0.1) is 33.8 Å². The molecule has 2 atom stereocenters. The van der Waals surface area contributed by atoms with Gasteiger partial charge in [-0.3, -0.25) is 0 Å². The van der Waals surface area contributed by atoms with E-state index in [9.17, 15) is 0 Å². The van der Waals surface area contributed by atoms with Crippen LogP contribution in [0.25, 0.3) is 44.1 Å². The van der Waals surface area contributed by atoms with Crippen molar-refractivity contribution in [2.75, 3.05) is 0 Å². The minimum absolute atomic E-state index is 0.149. The predicted octanol–water partition coefficient (Wildman–Crippen LogP) is 13.8. The molecule has 0 radical (unpaired) electrons.